The maximum absolute atomic E-state index is 12.2. The highest BCUT2D eigenvalue weighted by atomic mass is 32.2. The molecule has 0 radical (unpaired) electrons. The molecule has 4 heterocycles. The van der Waals surface area contributed by atoms with Crippen LogP contribution in [-0.4, -0.2) is 79.7 Å². The summed E-state index contributed by atoms with van der Waals surface area (Å²) in [6.07, 6.45) is 0.982. The van der Waals surface area contributed by atoms with E-state index in [-0.39, 0.29) is 18.0 Å². The summed E-state index contributed by atoms with van der Waals surface area (Å²) in [5.74, 6) is 5.72. The minimum atomic E-state index is -1.65. The van der Waals surface area contributed by atoms with Crippen LogP contribution in [0.15, 0.2) is 29.3 Å². The molecule has 170 valence electrons. The van der Waals surface area contributed by atoms with Gasteiger partial charge in [-0.25, -0.2) is 4.68 Å². The van der Waals surface area contributed by atoms with Crippen molar-refractivity contribution in [2.24, 2.45) is 10.7 Å². The fourth-order valence-electron chi connectivity index (χ4n) is 4.37. The zero-order valence-corrected chi connectivity index (χ0v) is 19.1. The summed E-state index contributed by atoms with van der Waals surface area (Å²) < 4.78 is 1.75. The molecule has 3 aliphatic rings. The largest absolute Gasteiger partial charge is 0.369 e. The third-order valence-electron chi connectivity index (χ3n) is 6.14. The molecular formula is C23H24N6O3S. The van der Waals surface area contributed by atoms with E-state index in [2.05, 4.69) is 26.8 Å². The molecule has 10 heteroatoms. The second-order valence-corrected chi connectivity index (χ2v) is 9.43. The number of thioether (sulfide) groups is 1. The van der Waals surface area contributed by atoms with Crippen molar-refractivity contribution in [2.75, 3.05) is 32.4 Å². The monoisotopic (exact) mass is 464 g/mol. The van der Waals surface area contributed by atoms with Gasteiger partial charge in [0.2, 0.25) is 5.60 Å². The van der Waals surface area contributed by atoms with Gasteiger partial charge in [0, 0.05) is 56.4 Å². The van der Waals surface area contributed by atoms with Crippen LogP contribution in [0.25, 0.3) is 5.69 Å². The number of hydrogen-bond acceptors (Lipinski definition) is 7. The Kier molecular flexibility index (Phi) is 5.38. The fourth-order valence-corrected chi connectivity index (χ4v) is 5.26. The fraction of sp³-hybridized carbons (Fsp3) is 0.391. The molecule has 1 aromatic heterocycles. The lowest BCUT2D eigenvalue weighted by atomic mass is 10.0. The highest BCUT2D eigenvalue weighted by molar-refractivity contribution is 8.14. The molecule has 9 nitrogen and oxygen atoms in total. The number of likely N-dealkylation sites (N-methyl/N-ethyl adjacent to an activating group) is 1. The van der Waals surface area contributed by atoms with Gasteiger partial charge in [-0.2, -0.15) is 5.10 Å². The number of aromatic nitrogens is 2. The van der Waals surface area contributed by atoms with E-state index in [4.69, 9.17) is 5.73 Å². The molecule has 0 spiro atoms. The molecule has 2 aromatic rings. The third-order valence-corrected chi connectivity index (χ3v) is 7.18. The molecule has 3 N–H and O–H groups in total. The number of aliphatic imine (C=N–C) groups is 1. The van der Waals surface area contributed by atoms with Crippen LogP contribution in [0.3, 0.4) is 0 Å². The number of nitrogens with two attached hydrogens (primary N) is 1. The Bertz CT molecular complexity index is 1240. The Balaban J connectivity index is 1.48. The van der Waals surface area contributed by atoms with Gasteiger partial charge in [0.1, 0.15) is 0 Å². The SMILES string of the molecule is CN1CCC(O)(C#Cc2cccc(-n3nc(C(N)=O)c4c3CCN(C3=NCCS3)C4)c2)C1=O. The third kappa shape index (κ3) is 3.87. The molecule has 3 aliphatic heterocycles. The van der Waals surface area contributed by atoms with Gasteiger partial charge in [-0.3, -0.25) is 14.6 Å². The Labute approximate surface area is 195 Å². The topological polar surface area (TPSA) is 117 Å². The maximum Gasteiger partial charge on any atom is 0.269 e. The number of carbonyl (C=O) groups is 2. The molecule has 0 saturated carbocycles. The smallest absolute Gasteiger partial charge is 0.269 e. The number of rotatable bonds is 2. The van der Waals surface area contributed by atoms with Crippen molar-refractivity contribution >= 4 is 28.7 Å². The number of primary amides is 1. The first-order chi connectivity index (χ1) is 15.9. The predicted octanol–water partition coefficient (Wildman–Crippen LogP) is 0.377. The first kappa shape index (κ1) is 21.6. The molecule has 1 saturated heterocycles. The minimum absolute atomic E-state index is 0.267. The van der Waals surface area contributed by atoms with Crippen LogP contribution < -0.4 is 5.73 Å². The lowest BCUT2D eigenvalue weighted by Crippen LogP contribution is -2.37. The van der Waals surface area contributed by atoms with Gasteiger partial charge in [0.15, 0.2) is 10.9 Å². The molecular weight excluding hydrogens is 440 g/mol. The average molecular weight is 465 g/mol. The van der Waals surface area contributed by atoms with Gasteiger partial charge >= 0.3 is 0 Å². The van der Waals surface area contributed by atoms with Crippen LogP contribution in [0, 0.1) is 11.8 Å². The van der Waals surface area contributed by atoms with Crippen molar-refractivity contribution in [1.29, 1.82) is 0 Å². The Morgan fingerprint density at radius 3 is 2.88 bits per heavy atom. The number of likely N-dealkylation sites (tertiary alicyclic amines) is 1. The number of aliphatic hydroxyl groups is 1. The maximum atomic E-state index is 12.2. The standard InChI is InChI=1S/C23H24N6O3S/c1-27-11-8-23(32,21(27)31)7-5-15-3-2-4-16(13-15)29-18-6-10-28(22-25-9-12-33-22)14-17(18)19(26-29)20(24)30/h2-4,13,32H,6,8-12,14H2,1H3,(H2,24,30). The Hall–Kier alpha value is -3.29. The molecule has 5 rings (SSSR count). The normalized spacial score (nSPS) is 22.1. The van der Waals surface area contributed by atoms with Crippen LogP contribution in [-0.2, 0) is 17.8 Å². The van der Waals surface area contributed by atoms with Gasteiger partial charge in [0.25, 0.3) is 11.8 Å². The molecule has 1 atom stereocenters. The van der Waals surface area contributed by atoms with Crippen molar-refractivity contribution in [2.45, 2.75) is 25.0 Å². The Morgan fingerprint density at radius 1 is 1.33 bits per heavy atom. The number of amidine groups is 1. The summed E-state index contributed by atoms with van der Waals surface area (Å²) in [7, 11) is 1.65. The molecule has 2 amide bonds. The Morgan fingerprint density at radius 2 is 2.18 bits per heavy atom. The quantitative estimate of drug-likeness (QED) is 0.621. The van der Waals surface area contributed by atoms with Crippen molar-refractivity contribution in [1.82, 2.24) is 19.6 Å². The molecule has 1 fully saturated rings. The first-order valence-corrected chi connectivity index (χ1v) is 11.8. The number of benzene rings is 1. The van der Waals surface area contributed by atoms with E-state index in [1.165, 1.54) is 4.90 Å². The van der Waals surface area contributed by atoms with Crippen molar-refractivity contribution in [3.05, 3.63) is 46.8 Å². The van der Waals surface area contributed by atoms with Gasteiger partial charge in [-0.05, 0) is 18.2 Å². The molecule has 0 bridgehead atoms. The van der Waals surface area contributed by atoms with E-state index in [0.717, 1.165) is 41.0 Å². The second kappa shape index (κ2) is 8.24. The molecule has 0 aliphatic carbocycles. The first-order valence-electron chi connectivity index (χ1n) is 10.8. The number of amides is 2. The highest BCUT2D eigenvalue weighted by Crippen LogP contribution is 2.28. The van der Waals surface area contributed by atoms with Gasteiger partial charge in [0.05, 0.1) is 17.9 Å². The summed E-state index contributed by atoms with van der Waals surface area (Å²) in [5, 5.41) is 16.1. The molecule has 1 unspecified atom stereocenters. The summed E-state index contributed by atoms with van der Waals surface area (Å²) in [6.45, 7) is 2.62. The summed E-state index contributed by atoms with van der Waals surface area (Å²) >= 11 is 1.73. The van der Waals surface area contributed by atoms with E-state index in [1.54, 1.807) is 23.5 Å². The zero-order valence-electron chi connectivity index (χ0n) is 18.2. The molecule has 1 aromatic carbocycles. The summed E-state index contributed by atoms with van der Waals surface area (Å²) in [6, 6.07) is 7.37. The van der Waals surface area contributed by atoms with Crippen LogP contribution in [0.1, 0.15) is 33.7 Å². The minimum Gasteiger partial charge on any atom is -0.369 e. The van der Waals surface area contributed by atoms with E-state index in [1.807, 2.05) is 24.3 Å². The second-order valence-electron chi connectivity index (χ2n) is 8.37. The van der Waals surface area contributed by atoms with Crippen LogP contribution in [0.2, 0.25) is 0 Å². The highest BCUT2D eigenvalue weighted by Gasteiger charge is 2.42. The number of nitrogens with zero attached hydrogens (tertiary/aromatic N) is 5. The lowest BCUT2D eigenvalue weighted by Gasteiger charge is -2.28. The van der Waals surface area contributed by atoms with Crippen LogP contribution >= 0.6 is 11.8 Å². The van der Waals surface area contributed by atoms with E-state index < -0.39 is 11.5 Å². The van der Waals surface area contributed by atoms with Crippen molar-refractivity contribution < 1.29 is 14.7 Å². The van der Waals surface area contributed by atoms with Gasteiger partial charge < -0.3 is 20.6 Å². The summed E-state index contributed by atoms with van der Waals surface area (Å²) in [5.41, 5.74) is 7.43. The predicted molar refractivity (Wildman–Crippen MR) is 125 cm³/mol. The number of hydrogen-bond donors (Lipinski definition) is 2. The van der Waals surface area contributed by atoms with E-state index in [0.29, 0.717) is 25.1 Å². The van der Waals surface area contributed by atoms with Crippen LogP contribution in [0.5, 0.6) is 0 Å². The lowest BCUT2D eigenvalue weighted by molar-refractivity contribution is -0.137. The number of fused-ring (bicyclic) bond motifs is 1. The van der Waals surface area contributed by atoms with Crippen molar-refractivity contribution in [3.63, 3.8) is 0 Å². The zero-order chi connectivity index (χ0) is 23.2. The van der Waals surface area contributed by atoms with Gasteiger partial charge in [-0.1, -0.05) is 29.7 Å². The van der Waals surface area contributed by atoms with Gasteiger partial charge in [-0.15, -0.1) is 0 Å². The number of carbonyl (C=O) groups excluding carboxylic acids is 2. The van der Waals surface area contributed by atoms with Crippen LogP contribution in [0.4, 0.5) is 0 Å². The van der Waals surface area contributed by atoms with E-state index in [9.17, 15) is 14.7 Å². The summed E-state index contributed by atoms with van der Waals surface area (Å²) in [4.78, 5) is 32.6. The van der Waals surface area contributed by atoms with E-state index >= 15 is 0 Å². The average Bonchev–Trinajstić information content (AvgIpc) is 3.54. The van der Waals surface area contributed by atoms with Crippen molar-refractivity contribution in [3.8, 4) is 17.5 Å². The molecule has 33 heavy (non-hydrogen) atoms.